The summed E-state index contributed by atoms with van der Waals surface area (Å²) < 4.78 is 13.4. The number of rotatable bonds is 8. The first-order chi connectivity index (χ1) is 21.2. The molecule has 0 unspecified atom stereocenters. The van der Waals surface area contributed by atoms with E-state index >= 15 is 0 Å². The Labute approximate surface area is 266 Å². The minimum atomic E-state index is 0.282. The number of para-hydroxylation sites is 1. The SMILES string of the molecule is CCOc1cc(C=Nc2ccc([C@@H]3Nc4ccccc4[C@H]4C=CC[C@@H]43)cc2)cc(I)c1OCc1cccc2ccccc12. The van der Waals surface area contributed by atoms with Gasteiger partial charge in [0.05, 0.1) is 21.9 Å². The third kappa shape index (κ3) is 5.66. The molecule has 1 aliphatic carbocycles. The van der Waals surface area contributed by atoms with Crippen LogP contribution in [0.3, 0.4) is 0 Å². The lowest BCUT2D eigenvalue weighted by atomic mass is 9.77. The summed E-state index contributed by atoms with van der Waals surface area (Å²) in [5.41, 5.74) is 6.99. The second-order valence-electron chi connectivity index (χ2n) is 11.1. The van der Waals surface area contributed by atoms with E-state index in [2.05, 4.69) is 137 Å². The van der Waals surface area contributed by atoms with Crippen LogP contribution >= 0.6 is 22.6 Å². The number of nitrogens with zero attached hydrogens (tertiary/aromatic N) is 1. The zero-order chi connectivity index (χ0) is 29.2. The Bertz CT molecular complexity index is 1820. The predicted molar refractivity (Wildman–Crippen MR) is 185 cm³/mol. The lowest BCUT2D eigenvalue weighted by molar-refractivity contribution is 0.268. The van der Waals surface area contributed by atoms with Gasteiger partial charge in [0, 0.05) is 17.8 Å². The Morgan fingerprint density at radius 3 is 2.60 bits per heavy atom. The zero-order valence-electron chi connectivity index (χ0n) is 24.0. The van der Waals surface area contributed by atoms with Crippen LogP contribution in [0, 0.1) is 9.49 Å². The number of aliphatic imine (C=N–C) groups is 1. The molecule has 0 aromatic heterocycles. The summed E-state index contributed by atoms with van der Waals surface area (Å²) in [6.07, 6.45) is 7.72. The summed E-state index contributed by atoms with van der Waals surface area (Å²) in [6, 6.07) is 36.5. The Morgan fingerprint density at radius 2 is 1.72 bits per heavy atom. The van der Waals surface area contributed by atoms with E-state index < -0.39 is 0 Å². The molecule has 1 heterocycles. The highest BCUT2D eigenvalue weighted by atomic mass is 127. The van der Waals surface area contributed by atoms with Gasteiger partial charge in [0.2, 0.25) is 0 Å². The lowest BCUT2D eigenvalue weighted by Crippen LogP contribution is -2.28. The Morgan fingerprint density at radius 1 is 0.907 bits per heavy atom. The Balaban J connectivity index is 1.08. The molecule has 43 heavy (non-hydrogen) atoms. The van der Waals surface area contributed by atoms with E-state index in [1.54, 1.807) is 0 Å². The number of hydrogen-bond acceptors (Lipinski definition) is 4. The topological polar surface area (TPSA) is 42.8 Å². The molecule has 0 amide bonds. The zero-order valence-corrected chi connectivity index (χ0v) is 26.2. The van der Waals surface area contributed by atoms with Gasteiger partial charge >= 0.3 is 0 Å². The summed E-state index contributed by atoms with van der Waals surface area (Å²) in [6.45, 7) is 3.02. The average molecular weight is 677 g/mol. The fourth-order valence-corrected chi connectivity index (χ4v) is 7.21. The maximum absolute atomic E-state index is 6.37. The van der Waals surface area contributed by atoms with Crippen LogP contribution in [0.2, 0.25) is 0 Å². The molecular weight excluding hydrogens is 643 g/mol. The third-order valence-electron chi connectivity index (χ3n) is 8.47. The quantitative estimate of drug-likeness (QED) is 0.101. The normalized spacial score (nSPS) is 18.8. The van der Waals surface area contributed by atoms with E-state index in [4.69, 9.17) is 14.5 Å². The minimum absolute atomic E-state index is 0.282. The van der Waals surface area contributed by atoms with Crippen LogP contribution in [0.25, 0.3) is 10.8 Å². The van der Waals surface area contributed by atoms with Crippen molar-refractivity contribution in [2.45, 2.75) is 31.9 Å². The van der Waals surface area contributed by atoms with Crippen molar-refractivity contribution in [3.63, 3.8) is 0 Å². The van der Waals surface area contributed by atoms with Crippen molar-refractivity contribution in [1.82, 2.24) is 0 Å². The number of nitrogens with one attached hydrogen (secondary N) is 1. The molecule has 7 rings (SSSR count). The largest absolute Gasteiger partial charge is 0.490 e. The fraction of sp³-hybridized carbons (Fsp3) is 0.184. The molecular formula is C38H33IN2O2. The average Bonchev–Trinajstić information content (AvgIpc) is 3.54. The van der Waals surface area contributed by atoms with Crippen LogP contribution in [0.5, 0.6) is 11.5 Å². The van der Waals surface area contributed by atoms with Crippen molar-refractivity contribution in [2.75, 3.05) is 11.9 Å². The highest BCUT2D eigenvalue weighted by Gasteiger charge is 2.37. The highest BCUT2D eigenvalue weighted by Crippen LogP contribution is 2.49. The van der Waals surface area contributed by atoms with Crippen molar-refractivity contribution in [3.05, 3.63) is 141 Å². The number of halogens is 1. The molecule has 0 bridgehead atoms. The number of fused-ring (bicyclic) bond motifs is 4. The van der Waals surface area contributed by atoms with Gasteiger partial charge in [0.1, 0.15) is 6.61 Å². The smallest absolute Gasteiger partial charge is 0.175 e. The third-order valence-corrected chi connectivity index (χ3v) is 9.27. The molecule has 5 heteroatoms. The van der Waals surface area contributed by atoms with E-state index in [1.165, 1.54) is 27.6 Å². The van der Waals surface area contributed by atoms with E-state index in [0.29, 0.717) is 25.0 Å². The second kappa shape index (κ2) is 12.3. The molecule has 0 fully saturated rings. The predicted octanol–water partition coefficient (Wildman–Crippen LogP) is 10.00. The summed E-state index contributed by atoms with van der Waals surface area (Å²) in [5, 5.41) is 6.23. The number of anilines is 1. The van der Waals surface area contributed by atoms with Crippen LogP contribution < -0.4 is 14.8 Å². The molecule has 2 aliphatic rings. The molecule has 5 aromatic rings. The van der Waals surface area contributed by atoms with Gasteiger partial charge in [-0.3, -0.25) is 4.99 Å². The van der Waals surface area contributed by atoms with Crippen molar-refractivity contribution in [2.24, 2.45) is 10.9 Å². The first kappa shape index (κ1) is 27.7. The summed E-state index contributed by atoms with van der Waals surface area (Å²) in [4.78, 5) is 4.81. The van der Waals surface area contributed by atoms with Crippen LogP contribution in [0.4, 0.5) is 11.4 Å². The van der Waals surface area contributed by atoms with Crippen LogP contribution in [-0.4, -0.2) is 12.8 Å². The Hall–Kier alpha value is -4.10. The highest BCUT2D eigenvalue weighted by molar-refractivity contribution is 14.1. The minimum Gasteiger partial charge on any atom is -0.490 e. The molecule has 0 radical (unpaired) electrons. The summed E-state index contributed by atoms with van der Waals surface area (Å²) in [7, 11) is 0. The first-order valence-electron chi connectivity index (χ1n) is 14.9. The fourth-order valence-electron chi connectivity index (χ4n) is 6.42. The van der Waals surface area contributed by atoms with Crippen molar-refractivity contribution in [3.8, 4) is 11.5 Å². The van der Waals surface area contributed by atoms with Crippen LogP contribution in [0.15, 0.2) is 120 Å². The van der Waals surface area contributed by atoms with Crippen molar-refractivity contribution in [1.29, 1.82) is 0 Å². The number of allylic oxidation sites excluding steroid dienone is 2. The van der Waals surface area contributed by atoms with Gasteiger partial charge in [-0.2, -0.15) is 0 Å². The molecule has 3 atom stereocenters. The molecule has 0 saturated heterocycles. The number of benzene rings is 5. The standard InChI is InChI=1S/C38H33IN2O2/c1-2-42-36-22-25(21-34(39)38(36)43-24-28-11-7-10-26-9-3-4-12-30(26)28)23-40-29-19-17-27(18-20-29)37-33-15-8-14-31(33)32-13-5-6-16-35(32)41-37/h3-14,16-23,31,33,37,41H,2,15,24H2,1H3/t31-,33+,37+/m1/s1. The van der Waals surface area contributed by atoms with E-state index in [-0.39, 0.29) is 6.04 Å². The summed E-state index contributed by atoms with van der Waals surface area (Å²) >= 11 is 2.33. The first-order valence-corrected chi connectivity index (χ1v) is 16.0. The molecule has 0 saturated carbocycles. The van der Waals surface area contributed by atoms with Gasteiger partial charge in [-0.05, 0) is 105 Å². The monoisotopic (exact) mass is 676 g/mol. The van der Waals surface area contributed by atoms with Gasteiger partial charge in [-0.15, -0.1) is 0 Å². The number of ether oxygens (including phenoxy) is 2. The molecule has 4 nitrogen and oxygen atoms in total. The van der Waals surface area contributed by atoms with Gasteiger partial charge in [-0.25, -0.2) is 0 Å². The summed E-state index contributed by atoms with van der Waals surface area (Å²) in [5.74, 6) is 2.50. The van der Waals surface area contributed by atoms with E-state index in [9.17, 15) is 0 Å². The maximum atomic E-state index is 6.37. The van der Waals surface area contributed by atoms with Crippen molar-refractivity contribution >= 4 is 51.0 Å². The van der Waals surface area contributed by atoms with E-state index in [0.717, 1.165) is 38.3 Å². The van der Waals surface area contributed by atoms with Gasteiger partial charge in [0.25, 0.3) is 0 Å². The van der Waals surface area contributed by atoms with Gasteiger partial charge in [-0.1, -0.05) is 84.9 Å². The van der Waals surface area contributed by atoms with Crippen molar-refractivity contribution < 1.29 is 9.47 Å². The Kier molecular flexibility index (Phi) is 7.90. The number of hydrogen-bond donors (Lipinski definition) is 1. The molecule has 1 aliphatic heterocycles. The van der Waals surface area contributed by atoms with Crippen LogP contribution in [0.1, 0.15) is 47.6 Å². The van der Waals surface area contributed by atoms with Gasteiger partial charge < -0.3 is 14.8 Å². The molecule has 5 aromatic carbocycles. The van der Waals surface area contributed by atoms with Gasteiger partial charge in [0.15, 0.2) is 11.5 Å². The van der Waals surface area contributed by atoms with E-state index in [1.807, 2.05) is 19.2 Å². The maximum Gasteiger partial charge on any atom is 0.175 e. The molecule has 0 spiro atoms. The van der Waals surface area contributed by atoms with Crippen LogP contribution in [-0.2, 0) is 6.61 Å². The lowest BCUT2D eigenvalue weighted by Gasteiger charge is -2.37. The second-order valence-corrected chi connectivity index (χ2v) is 12.3. The molecule has 1 N–H and O–H groups in total. The molecule has 214 valence electrons.